The van der Waals surface area contributed by atoms with Crippen molar-refractivity contribution in [3.8, 4) is 11.5 Å². The van der Waals surface area contributed by atoms with E-state index in [-0.39, 0.29) is 18.1 Å². The summed E-state index contributed by atoms with van der Waals surface area (Å²) in [5.74, 6) is 0.605. The fourth-order valence-corrected chi connectivity index (χ4v) is 2.61. The van der Waals surface area contributed by atoms with Crippen LogP contribution in [0.5, 0.6) is 11.5 Å². The summed E-state index contributed by atoms with van der Waals surface area (Å²) in [4.78, 5) is 22.3. The van der Waals surface area contributed by atoms with Crippen molar-refractivity contribution in [2.75, 3.05) is 13.7 Å². The number of hydrogen-bond donors (Lipinski definition) is 1. The summed E-state index contributed by atoms with van der Waals surface area (Å²) in [7, 11) is 1.51. The van der Waals surface area contributed by atoms with Crippen molar-refractivity contribution in [1.82, 2.24) is 5.32 Å². The fourth-order valence-electron chi connectivity index (χ4n) is 2.32. The number of halogens is 1. The Balaban J connectivity index is 2.02. The van der Waals surface area contributed by atoms with Crippen LogP contribution in [0.4, 0.5) is 5.69 Å². The summed E-state index contributed by atoms with van der Waals surface area (Å²) in [5, 5.41) is 13.9. The molecule has 0 saturated heterocycles. The molecule has 0 saturated carbocycles. The minimum atomic E-state index is -0.486. The zero-order valence-corrected chi connectivity index (χ0v) is 15.7. The molecule has 7 nitrogen and oxygen atoms in total. The quantitative estimate of drug-likeness (QED) is 0.418. The number of methoxy groups -OCH3 is 1. The van der Waals surface area contributed by atoms with E-state index in [0.717, 1.165) is 5.56 Å². The number of carbonyl (C=O) groups excluding carboxylic acids is 1. The molecule has 0 spiro atoms. The third kappa shape index (κ3) is 5.72. The number of nitrogens with zero attached hydrogens (tertiary/aromatic N) is 1. The lowest BCUT2D eigenvalue weighted by molar-refractivity contribution is -0.384. The highest BCUT2D eigenvalue weighted by molar-refractivity contribution is 6.32. The second-order valence-electron chi connectivity index (χ2n) is 5.45. The number of nitrogens with one attached hydrogen (secondary N) is 1. The van der Waals surface area contributed by atoms with Crippen LogP contribution in [0.1, 0.15) is 18.1 Å². The average molecular weight is 391 g/mol. The lowest BCUT2D eigenvalue weighted by atomic mass is 10.2. The van der Waals surface area contributed by atoms with E-state index in [9.17, 15) is 14.9 Å². The molecule has 2 aromatic carbocycles. The average Bonchev–Trinajstić information content (AvgIpc) is 2.66. The number of nitro groups is 1. The van der Waals surface area contributed by atoms with Crippen LogP contribution in [0, 0.1) is 10.1 Å². The van der Waals surface area contributed by atoms with Gasteiger partial charge < -0.3 is 14.8 Å². The van der Waals surface area contributed by atoms with Gasteiger partial charge in [0.05, 0.1) is 23.7 Å². The van der Waals surface area contributed by atoms with E-state index in [2.05, 4.69) is 5.32 Å². The highest BCUT2D eigenvalue weighted by Gasteiger charge is 2.12. The van der Waals surface area contributed by atoms with Gasteiger partial charge in [-0.1, -0.05) is 23.7 Å². The molecule has 0 aliphatic heterocycles. The molecule has 142 valence electrons. The summed E-state index contributed by atoms with van der Waals surface area (Å²) in [6, 6.07) is 9.44. The third-order valence-electron chi connectivity index (χ3n) is 3.55. The molecule has 1 N–H and O–H groups in total. The zero-order chi connectivity index (χ0) is 19.8. The lowest BCUT2D eigenvalue weighted by Gasteiger charge is -2.13. The Bertz CT molecular complexity index is 867. The largest absolute Gasteiger partial charge is 0.493 e. The zero-order valence-electron chi connectivity index (χ0n) is 14.9. The maximum atomic E-state index is 12.0. The molecule has 27 heavy (non-hydrogen) atoms. The van der Waals surface area contributed by atoms with Gasteiger partial charge in [-0.25, -0.2) is 0 Å². The van der Waals surface area contributed by atoms with Crippen LogP contribution in [0.3, 0.4) is 0 Å². The van der Waals surface area contributed by atoms with E-state index in [4.69, 9.17) is 21.1 Å². The molecule has 8 heteroatoms. The minimum absolute atomic E-state index is 0.0336. The maximum absolute atomic E-state index is 12.0. The van der Waals surface area contributed by atoms with Gasteiger partial charge in [0.15, 0.2) is 11.5 Å². The van der Waals surface area contributed by atoms with Crippen molar-refractivity contribution in [2.24, 2.45) is 0 Å². The molecular weight excluding hydrogens is 372 g/mol. The lowest BCUT2D eigenvalue weighted by Crippen LogP contribution is -2.20. The van der Waals surface area contributed by atoms with Crippen molar-refractivity contribution in [3.63, 3.8) is 0 Å². The van der Waals surface area contributed by atoms with Crippen molar-refractivity contribution < 1.29 is 19.2 Å². The van der Waals surface area contributed by atoms with E-state index >= 15 is 0 Å². The maximum Gasteiger partial charge on any atom is 0.270 e. The first kappa shape index (κ1) is 20.3. The van der Waals surface area contributed by atoms with Gasteiger partial charge in [0.25, 0.3) is 5.69 Å². The number of ether oxygens (including phenoxy) is 2. The van der Waals surface area contributed by atoms with Crippen LogP contribution >= 0.6 is 11.6 Å². The number of non-ortho nitro benzene ring substituents is 1. The Hall–Kier alpha value is -3.06. The summed E-state index contributed by atoms with van der Waals surface area (Å²) in [5.41, 5.74) is 1.27. The van der Waals surface area contributed by atoms with Crippen LogP contribution in [-0.4, -0.2) is 24.5 Å². The first-order chi connectivity index (χ1) is 12.9. The van der Waals surface area contributed by atoms with Gasteiger partial charge in [-0.2, -0.15) is 0 Å². The van der Waals surface area contributed by atoms with Gasteiger partial charge >= 0.3 is 0 Å². The number of carbonyl (C=O) groups is 1. The monoisotopic (exact) mass is 390 g/mol. The molecule has 0 aliphatic rings. The summed E-state index contributed by atoms with van der Waals surface area (Å²) in [6.07, 6.45) is 2.82. The first-order valence-electron chi connectivity index (χ1n) is 8.14. The minimum Gasteiger partial charge on any atom is -0.493 e. The Morgan fingerprint density at radius 2 is 2.11 bits per heavy atom. The standard InChI is InChI=1S/C19H19ClN2O5/c1-3-27-19-16(20)10-14(11-17(19)26-2)12-21-18(23)8-7-13-5-4-6-15(9-13)22(24)25/h4-11H,3,12H2,1-2H3,(H,21,23)/b8-7+. The molecule has 0 bridgehead atoms. The van der Waals surface area contributed by atoms with E-state index in [1.54, 1.807) is 24.3 Å². The molecule has 2 rings (SSSR count). The predicted molar refractivity (Wildman–Crippen MR) is 103 cm³/mol. The Kier molecular flexibility index (Phi) is 7.19. The van der Waals surface area contributed by atoms with Crippen molar-refractivity contribution in [1.29, 1.82) is 0 Å². The van der Waals surface area contributed by atoms with Crippen molar-refractivity contribution >= 4 is 29.3 Å². The second-order valence-corrected chi connectivity index (χ2v) is 5.85. The van der Waals surface area contributed by atoms with Crippen LogP contribution < -0.4 is 14.8 Å². The van der Waals surface area contributed by atoms with Crippen LogP contribution in [-0.2, 0) is 11.3 Å². The molecule has 1 amide bonds. The predicted octanol–water partition coefficient (Wildman–Crippen LogP) is 3.99. The summed E-state index contributed by atoms with van der Waals surface area (Å²) in [6.45, 7) is 2.53. The van der Waals surface area contributed by atoms with Crippen LogP contribution in [0.15, 0.2) is 42.5 Å². The Labute approximate surface area is 161 Å². The van der Waals surface area contributed by atoms with Gasteiger partial charge in [-0.3, -0.25) is 14.9 Å². The molecule has 0 atom stereocenters. The van der Waals surface area contributed by atoms with E-state index in [1.807, 2.05) is 6.92 Å². The number of rotatable bonds is 8. The van der Waals surface area contributed by atoms with Gasteiger partial charge in [0, 0.05) is 24.8 Å². The molecule has 0 fully saturated rings. The highest BCUT2D eigenvalue weighted by atomic mass is 35.5. The third-order valence-corrected chi connectivity index (χ3v) is 3.83. The molecule has 0 radical (unpaired) electrons. The number of hydrogen-bond acceptors (Lipinski definition) is 5. The topological polar surface area (TPSA) is 90.7 Å². The normalized spacial score (nSPS) is 10.6. The van der Waals surface area contributed by atoms with Gasteiger partial charge in [-0.05, 0) is 36.3 Å². The first-order valence-corrected chi connectivity index (χ1v) is 8.52. The molecule has 0 unspecified atom stereocenters. The highest BCUT2D eigenvalue weighted by Crippen LogP contribution is 2.36. The molecule has 0 heterocycles. The Morgan fingerprint density at radius 1 is 1.33 bits per heavy atom. The molecule has 0 aromatic heterocycles. The smallest absolute Gasteiger partial charge is 0.270 e. The van der Waals surface area contributed by atoms with Gasteiger partial charge in [0.2, 0.25) is 5.91 Å². The summed E-state index contributed by atoms with van der Waals surface area (Å²) >= 11 is 6.20. The van der Waals surface area contributed by atoms with Crippen molar-refractivity contribution in [2.45, 2.75) is 13.5 Å². The molecular formula is C19H19ClN2O5. The number of amides is 1. The van der Waals surface area contributed by atoms with Gasteiger partial charge in [0.1, 0.15) is 0 Å². The van der Waals surface area contributed by atoms with Crippen LogP contribution in [0.25, 0.3) is 6.08 Å². The van der Waals surface area contributed by atoms with Crippen LogP contribution in [0.2, 0.25) is 5.02 Å². The Morgan fingerprint density at radius 3 is 2.78 bits per heavy atom. The van der Waals surface area contributed by atoms with E-state index < -0.39 is 4.92 Å². The second kappa shape index (κ2) is 9.59. The number of nitro benzene ring substituents is 1. The molecule has 2 aromatic rings. The number of benzene rings is 2. The van der Waals surface area contributed by atoms with E-state index in [0.29, 0.717) is 28.7 Å². The van der Waals surface area contributed by atoms with E-state index in [1.165, 1.54) is 31.4 Å². The van der Waals surface area contributed by atoms with Gasteiger partial charge in [-0.15, -0.1) is 0 Å². The summed E-state index contributed by atoms with van der Waals surface area (Å²) < 4.78 is 10.7. The van der Waals surface area contributed by atoms with Crippen molar-refractivity contribution in [3.05, 3.63) is 68.7 Å². The molecule has 0 aliphatic carbocycles. The SMILES string of the molecule is CCOc1c(Cl)cc(CNC(=O)/C=C/c2cccc([N+](=O)[O-])c2)cc1OC. The fraction of sp³-hybridized carbons (Fsp3) is 0.211.